The van der Waals surface area contributed by atoms with E-state index in [-0.39, 0.29) is 0 Å². The molecule has 0 bridgehead atoms. The maximum atomic E-state index is 5.46. The fourth-order valence-electron chi connectivity index (χ4n) is 9.36. The van der Waals surface area contributed by atoms with E-state index in [2.05, 4.69) is 206 Å². The second-order valence-electron chi connectivity index (χ2n) is 14.8. The third-order valence-corrected chi connectivity index (χ3v) is 11.8. The van der Waals surface area contributed by atoms with Crippen LogP contribution in [0.1, 0.15) is 35.0 Å². The van der Waals surface area contributed by atoms with E-state index in [1.807, 2.05) is 0 Å². The van der Waals surface area contributed by atoms with Crippen molar-refractivity contribution in [3.63, 3.8) is 0 Å². The zero-order chi connectivity index (χ0) is 37.2. The molecule has 3 nitrogen and oxygen atoms in total. The Labute approximate surface area is 326 Å². The lowest BCUT2D eigenvalue weighted by Crippen LogP contribution is -2.28. The predicted octanol–water partition coefficient (Wildman–Crippen LogP) is 13.0. The third kappa shape index (κ3) is 4.77. The Morgan fingerprint density at radius 3 is 1.88 bits per heavy atom. The first-order valence-electron chi connectivity index (χ1n) is 19.5. The minimum atomic E-state index is -0.493. The summed E-state index contributed by atoms with van der Waals surface area (Å²) in [5.74, 6) is 1.06. The lowest BCUT2D eigenvalue weighted by Gasteiger charge is -2.34. The molecule has 1 aliphatic rings. The Hall–Kier alpha value is -7.10. The number of aromatic nitrogens is 3. The van der Waals surface area contributed by atoms with Crippen molar-refractivity contribution in [2.45, 2.75) is 18.8 Å². The molecule has 0 fully saturated rings. The average molecular weight is 716 g/mol. The number of fused-ring (bicyclic) bond motifs is 7. The lowest BCUT2D eigenvalue weighted by atomic mass is 9.67. The van der Waals surface area contributed by atoms with Gasteiger partial charge in [-0.05, 0) is 98.4 Å². The van der Waals surface area contributed by atoms with Gasteiger partial charge in [-0.2, -0.15) is 0 Å². The van der Waals surface area contributed by atoms with Gasteiger partial charge in [-0.15, -0.1) is 0 Å². The normalized spacial score (nSPS) is 12.9. The van der Waals surface area contributed by atoms with Gasteiger partial charge in [0.2, 0.25) is 0 Å². The maximum Gasteiger partial charge on any atom is 0.114 e. The summed E-state index contributed by atoms with van der Waals surface area (Å²) in [6.45, 7) is 2.17. The van der Waals surface area contributed by atoms with Crippen LogP contribution >= 0.6 is 0 Å². The molecule has 0 radical (unpaired) electrons. The molecule has 3 heteroatoms. The summed E-state index contributed by atoms with van der Waals surface area (Å²) in [5, 5.41) is 3.52. The van der Waals surface area contributed by atoms with Gasteiger partial charge in [-0.25, -0.2) is 9.97 Å². The number of hydrogen-bond donors (Lipinski definition) is 0. The number of para-hydroxylation sites is 3. The van der Waals surface area contributed by atoms with Crippen molar-refractivity contribution in [2.24, 2.45) is 0 Å². The van der Waals surface area contributed by atoms with E-state index in [4.69, 9.17) is 9.97 Å². The first kappa shape index (κ1) is 32.3. The monoisotopic (exact) mass is 715 g/mol. The van der Waals surface area contributed by atoms with Gasteiger partial charge in [-0.1, -0.05) is 153 Å². The molecular formula is C53H37N3. The topological polar surface area (TPSA) is 30.7 Å². The molecule has 0 aliphatic heterocycles. The van der Waals surface area contributed by atoms with Crippen molar-refractivity contribution in [3.05, 3.63) is 222 Å². The van der Waals surface area contributed by atoms with Crippen LogP contribution in [0.2, 0.25) is 0 Å². The summed E-state index contributed by atoms with van der Waals surface area (Å²) < 4.78 is 2.28. The van der Waals surface area contributed by atoms with Gasteiger partial charge in [0.1, 0.15) is 5.82 Å². The fraction of sp³-hybridized carbons (Fsp3) is 0.0566. The van der Waals surface area contributed by atoms with E-state index in [1.165, 1.54) is 38.8 Å². The van der Waals surface area contributed by atoms with Crippen LogP contribution in [0.5, 0.6) is 0 Å². The van der Waals surface area contributed by atoms with E-state index >= 15 is 0 Å². The molecule has 0 spiro atoms. The zero-order valence-corrected chi connectivity index (χ0v) is 31.0. The van der Waals surface area contributed by atoms with Gasteiger partial charge < -0.3 is 0 Å². The number of aryl methyl sites for hydroxylation is 1. The molecule has 10 aromatic rings. The Balaban J connectivity index is 1.12. The molecule has 0 amide bonds. The van der Waals surface area contributed by atoms with E-state index in [0.717, 1.165) is 67.6 Å². The van der Waals surface area contributed by atoms with Crippen molar-refractivity contribution in [2.75, 3.05) is 0 Å². The van der Waals surface area contributed by atoms with Crippen LogP contribution in [0.4, 0.5) is 0 Å². The van der Waals surface area contributed by atoms with Crippen LogP contribution in [0.3, 0.4) is 0 Å². The molecule has 2 aromatic heterocycles. The van der Waals surface area contributed by atoms with Crippen LogP contribution < -0.4 is 0 Å². The number of rotatable bonds is 6. The first-order chi connectivity index (χ1) is 27.7. The predicted molar refractivity (Wildman–Crippen MR) is 231 cm³/mol. The summed E-state index contributed by atoms with van der Waals surface area (Å²) in [7, 11) is 0. The van der Waals surface area contributed by atoms with Gasteiger partial charge >= 0.3 is 0 Å². The second kappa shape index (κ2) is 12.8. The van der Waals surface area contributed by atoms with Gasteiger partial charge in [0, 0.05) is 28.4 Å². The summed E-state index contributed by atoms with van der Waals surface area (Å²) in [5.41, 5.74) is 15.8. The van der Waals surface area contributed by atoms with Crippen LogP contribution in [-0.4, -0.2) is 14.5 Å². The van der Waals surface area contributed by atoms with Crippen LogP contribution in [-0.2, 0) is 11.8 Å². The molecule has 264 valence electrons. The van der Waals surface area contributed by atoms with Crippen molar-refractivity contribution < 1.29 is 0 Å². The number of pyridine rings is 1. The quantitative estimate of drug-likeness (QED) is 0.161. The number of hydrogen-bond acceptors (Lipinski definition) is 2. The molecule has 0 atom stereocenters. The summed E-state index contributed by atoms with van der Waals surface area (Å²) in [6.07, 6.45) is 0.859. The smallest absolute Gasteiger partial charge is 0.114 e. The van der Waals surface area contributed by atoms with Crippen molar-refractivity contribution >= 4 is 32.7 Å². The van der Waals surface area contributed by atoms with Gasteiger partial charge in [0.15, 0.2) is 0 Å². The molecule has 2 heterocycles. The van der Waals surface area contributed by atoms with Crippen molar-refractivity contribution in [1.29, 1.82) is 0 Å². The van der Waals surface area contributed by atoms with Crippen LogP contribution in [0, 0.1) is 0 Å². The molecule has 8 aromatic carbocycles. The summed E-state index contributed by atoms with van der Waals surface area (Å²) >= 11 is 0. The minimum absolute atomic E-state index is 0.493. The maximum absolute atomic E-state index is 5.46. The first-order valence-corrected chi connectivity index (χ1v) is 19.5. The van der Waals surface area contributed by atoms with Gasteiger partial charge in [-0.3, -0.25) is 4.57 Å². The molecule has 56 heavy (non-hydrogen) atoms. The molecule has 0 N–H and O–H groups in total. The molecule has 0 saturated heterocycles. The second-order valence-corrected chi connectivity index (χ2v) is 14.8. The van der Waals surface area contributed by atoms with E-state index in [0.29, 0.717) is 0 Å². The summed E-state index contributed by atoms with van der Waals surface area (Å²) in [6, 6.07) is 70.7. The highest BCUT2D eigenvalue weighted by atomic mass is 15.1. The number of imidazole rings is 1. The zero-order valence-electron chi connectivity index (χ0n) is 31.0. The van der Waals surface area contributed by atoms with Gasteiger partial charge in [0.25, 0.3) is 0 Å². The van der Waals surface area contributed by atoms with E-state index in [1.54, 1.807) is 0 Å². The Morgan fingerprint density at radius 1 is 0.446 bits per heavy atom. The fourth-order valence-corrected chi connectivity index (χ4v) is 9.36. The molecule has 0 unspecified atom stereocenters. The average Bonchev–Trinajstić information content (AvgIpc) is 3.80. The highest BCUT2D eigenvalue weighted by Gasteiger charge is 2.46. The Bertz CT molecular complexity index is 3070. The highest BCUT2D eigenvalue weighted by Crippen LogP contribution is 2.57. The van der Waals surface area contributed by atoms with Crippen LogP contribution in [0.25, 0.3) is 71.9 Å². The molecule has 11 rings (SSSR count). The third-order valence-electron chi connectivity index (χ3n) is 11.8. The summed E-state index contributed by atoms with van der Waals surface area (Å²) in [4.78, 5) is 10.4. The van der Waals surface area contributed by atoms with Crippen molar-refractivity contribution in [1.82, 2.24) is 14.5 Å². The van der Waals surface area contributed by atoms with Gasteiger partial charge in [0.05, 0.1) is 27.7 Å². The van der Waals surface area contributed by atoms with Crippen LogP contribution in [0.15, 0.2) is 194 Å². The largest absolute Gasteiger partial charge is 0.296 e. The Kier molecular flexibility index (Phi) is 7.36. The van der Waals surface area contributed by atoms with Crippen molar-refractivity contribution in [3.8, 4) is 39.2 Å². The Morgan fingerprint density at radius 2 is 1.11 bits per heavy atom. The molecule has 1 aliphatic carbocycles. The number of benzene rings is 8. The number of nitrogens with zero attached hydrogens (tertiary/aromatic N) is 3. The molecule has 0 saturated carbocycles. The lowest BCUT2D eigenvalue weighted by molar-refractivity contribution is 0.769. The highest BCUT2D eigenvalue weighted by molar-refractivity contribution is 6.13. The molecular weight excluding hydrogens is 679 g/mol. The minimum Gasteiger partial charge on any atom is -0.296 e. The SMILES string of the molecule is CCc1nc2ccccc2n1-c1ccc(-c2cccc(-c3nc4ccccc4c4cc5c(cc34)C(c3ccccc3)(c3ccccc3)c3ccccc3-5)c2)cc1. The standard InChI is InChI=1S/C53H37N3/c1-2-51-54-49-26-13-14-27-50(49)56(51)40-30-28-35(29-31-40)36-16-15-17-37(32-36)52-45-34-47-44(33-43(45)42-23-10-12-25-48(42)55-52)41-22-9-11-24-46(41)53(47,38-18-5-3-6-19-38)39-20-7-4-8-21-39/h3-34H,2H2,1H3. The van der Waals surface area contributed by atoms with E-state index < -0.39 is 5.41 Å². The van der Waals surface area contributed by atoms with E-state index in [9.17, 15) is 0 Å².